The van der Waals surface area contributed by atoms with E-state index in [0.717, 1.165) is 6.42 Å². The summed E-state index contributed by atoms with van der Waals surface area (Å²) in [5, 5.41) is 11.9. The Balaban J connectivity index is 2.20. The van der Waals surface area contributed by atoms with E-state index >= 15 is 0 Å². The molecule has 6 heteroatoms. The Bertz CT molecular complexity index is 547. The van der Waals surface area contributed by atoms with Crippen molar-refractivity contribution in [2.45, 2.75) is 26.3 Å². The van der Waals surface area contributed by atoms with Crippen LogP contribution >= 0.6 is 11.6 Å². The molecule has 0 aliphatic carbocycles. The fourth-order valence-corrected chi connectivity index (χ4v) is 2.87. The summed E-state index contributed by atoms with van der Waals surface area (Å²) in [5.41, 5.74) is 0.143. The Morgan fingerprint density at radius 2 is 2.10 bits per heavy atom. The lowest BCUT2D eigenvalue weighted by molar-refractivity contribution is 0.0698. The van der Waals surface area contributed by atoms with Crippen molar-refractivity contribution >= 4 is 29.3 Å². The second kappa shape index (κ2) is 5.71. The van der Waals surface area contributed by atoms with Crippen LogP contribution in [0, 0.1) is 5.92 Å². The van der Waals surface area contributed by atoms with E-state index in [1.807, 2.05) is 6.92 Å². The van der Waals surface area contributed by atoms with Crippen molar-refractivity contribution in [2.24, 2.45) is 5.92 Å². The number of carboxylic acid groups (broad SMARTS) is 1. The molecule has 0 saturated carbocycles. The van der Waals surface area contributed by atoms with Crippen molar-refractivity contribution in [1.29, 1.82) is 0 Å². The van der Waals surface area contributed by atoms with Crippen LogP contribution in [0.2, 0.25) is 5.02 Å². The van der Waals surface area contributed by atoms with Crippen LogP contribution in [0.1, 0.15) is 30.6 Å². The molecule has 2 amide bonds. The zero-order valence-corrected chi connectivity index (χ0v) is 12.1. The summed E-state index contributed by atoms with van der Waals surface area (Å²) in [6.45, 7) is 4.75. The van der Waals surface area contributed by atoms with Crippen LogP contribution in [-0.4, -0.2) is 34.6 Å². The third-order valence-electron chi connectivity index (χ3n) is 3.51. The minimum absolute atomic E-state index is 0.0811. The molecule has 0 radical (unpaired) electrons. The summed E-state index contributed by atoms with van der Waals surface area (Å²) in [5.74, 6) is -0.706. The smallest absolute Gasteiger partial charge is 0.339 e. The number of halogens is 1. The van der Waals surface area contributed by atoms with Crippen LogP contribution in [0.3, 0.4) is 0 Å². The van der Waals surface area contributed by atoms with Gasteiger partial charge in [0.05, 0.1) is 10.7 Å². The fourth-order valence-electron chi connectivity index (χ4n) is 2.62. The molecule has 1 aromatic rings. The standard InChI is InChI=1S/C14H17ClN2O3/c1-8-6-9(2)17(7-8)14(20)16-11-5-3-4-10(15)12(11)13(18)19/h3-5,8-9H,6-7H2,1-2H3,(H,16,20)(H,18,19). The third kappa shape index (κ3) is 2.88. The van der Waals surface area contributed by atoms with Gasteiger partial charge in [-0.3, -0.25) is 0 Å². The quantitative estimate of drug-likeness (QED) is 0.879. The van der Waals surface area contributed by atoms with E-state index in [2.05, 4.69) is 12.2 Å². The molecule has 1 aliphatic heterocycles. The Kier molecular flexibility index (Phi) is 4.18. The molecule has 20 heavy (non-hydrogen) atoms. The Morgan fingerprint density at radius 1 is 1.40 bits per heavy atom. The van der Waals surface area contributed by atoms with Gasteiger partial charge in [-0.25, -0.2) is 9.59 Å². The van der Waals surface area contributed by atoms with Crippen LogP contribution in [0.5, 0.6) is 0 Å². The highest BCUT2D eigenvalue weighted by molar-refractivity contribution is 6.34. The van der Waals surface area contributed by atoms with Gasteiger partial charge in [-0.2, -0.15) is 0 Å². The van der Waals surface area contributed by atoms with Crippen LogP contribution < -0.4 is 5.32 Å². The molecule has 0 spiro atoms. The molecule has 1 aromatic carbocycles. The number of carbonyl (C=O) groups excluding carboxylic acids is 1. The second-order valence-electron chi connectivity index (χ2n) is 5.24. The van der Waals surface area contributed by atoms with Crippen molar-refractivity contribution in [3.63, 3.8) is 0 Å². The minimum Gasteiger partial charge on any atom is -0.478 e. The summed E-state index contributed by atoms with van der Waals surface area (Å²) in [4.78, 5) is 25.2. The van der Waals surface area contributed by atoms with E-state index in [4.69, 9.17) is 16.7 Å². The number of carboxylic acids is 1. The number of likely N-dealkylation sites (tertiary alicyclic amines) is 1. The largest absolute Gasteiger partial charge is 0.478 e. The summed E-state index contributed by atoms with van der Waals surface area (Å²) in [6.07, 6.45) is 0.953. The normalized spacial score (nSPS) is 21.9. The van der Waals surface area contributed by atoms with Crippen molar-refractivity contribution in [1.82, 2.24) is 4.90 Å². The number of amides is 2. The average molecular weight is 297 g/mol. The molecule has 1 aliphatic rings. The Hall–Kier alpha value is -1.75. The molecule has 0 aromatic heterocycles. The lowest BCUT2D eigenvalue weighted by Crippen LogP contribution is -2.37. The Labute approximate surface area is 122 Å². The number of nitrogens with one attached hydrogen (secondary N) is 1. The number of hydrogen-bond donors (Lipinski definition) is 2. The predicted molar refractivity (Wildman–Crippen MR) is 77.4 cm³/mol. The number of anilines is 1. The zero-order chi connectivity index (χ0) is 14.9. The van der Waals surface area contributed by atoms with E-state index in [1.54, 1.807) is 11.0 Å². The lowest BCUT2D eigenvalue weighted by Gasteiger charge is -2.22. The van der Waals surface area contributed by atoms with E-state index in [0.29, 0.717) is 12.5 Å². The molecule has 0 bridgehead atoms. The monoisotopic (exact) mass is 296 g/mol. The first-order valence-corrected chi connectivity index (χ1v) is 6.87. The second-order valence-corrected chi connectivity index (χ2v) is 5.65. The van der Waals surface area contributed by atoms with Gasteiger partial charge in [-0.15, -0.1) is 0 Å². The van der Waals surface area contributed by atoms with Gasteiger partial charge in [0, 0.05) is 12.6 Å². The molecule has 2 unspecified atom stereocenters. The molecule has 2 atom stereocenters. The number of rotatable bonds is 2. The van der Waals surface area contributed by atoms with Crippen LogP contribution in [-0.2, 0) is 0 Å². The number of carbonyl (C=O) groups is 2. The number of aromatic carboxylic acids is 1. The molecular weight excluding hydrogens is 280 g/mol. The van der Waals surface area contributed by atoms with Gasteiger partial charge in [-0.05, 0) is 31.4 Å². The van der Waals surface area contributed by atoms with E-state index in [9.17, 15) is 9.59 Å². The number of hydrogen-bond acceptors (Lipinski definition) is 2. The van der Waals surface area contributed by atoms with E-state index < -0.39 is 5.97 Å². The van der Waals surface area contributed by atoms with Crippen molar-refractivity contribution in [3.05, 3.63) is 28.8 Å². The SMILES string of the molecule is CC1CC(C)N(C(=O)Nc2cccc(Cl)c2C(=O)O)C1. The van der Waals surface area contributed by atoms with Gasteiger partial charge in [0.2, 0.25) is 0 Å². The minimum atomic E-state index is -1.16. The highest BCUT2D eigenvalue weighted by atomic mass is 35.5. The molecule has 1 heterocycles. The maximum atomic E-state index is 12.2. The third-order valence-corrected chi connectivity index (χ3v) is 3.83. The highest BCUT2D eigenvalue weighted by Crippen LogP contribution is 2.27. The lowest BCUT2D eigenvalue weighted by atomic mass is 10.1. The molecular formula is C14H17ClN2O3. The molecule has 1 saturated heterocycles. The fraction of sp³-hybridized carbons (Fsp3) is 0.429. The Morgan fingerprint density at radius 3 is 2.65 bits per heavy atom. The number of benzene rings is 1. The van der Waals surface area contributed by atoms with Crippen molar-refractivity contribution < 1.29 is 14.7 Å². The number of nitrogens with zero attached hydrogens (tertiary/aromatic N) is 1. The molecule has 1 fully saturated rings. The summed E-state index contributed by atoms with van der Waals surface area (Å²) >= 11 is 5.87. The summed E-state index contributed by atoms with van der Waals surface area (Å²) in [6, 6.07) is 4.50. The molecule has 5 nitrogen and oxygen atoms in total. The van der Waals surface area contributed by atoms with E-state index in [-0.39, 0.29) is 28.3 Å². The maximum Gasteiger partial charge on any atom is 0.339 e. The first-order valence-electron chi connectivity index (χ1n) is 6.49. The first-order chi connectivity index (χ1) is 9.40. The van der Waals surface area contributed by atoms with Gasteiger partial charge in [-0.1, -0.05) is 24.6 Å². The molecule has 2 rings (SSSR count). The first kappa shape index (κ1) is 14.7. The van der Waals surface area contributed by atoms with Crippen LogP contribution in [0.15, 0.2) is 18.2 Å². The van der Waals surface area contributed by atoms with Gasteiger partial charge >= 0.3 is 12.0 Å². The van der Waals surface area contributed by atoms with E-state index in [1.165, 1.54) is 12.1 Å². The molecule has 2 N–H and O–H groups in total. The van der Waals surface area contributed by atoms with Gasteiger partial charge in [0.1, 0.15) is 5.56 Å². The van der Waals surface area contributed by atoms with Gasteiger partial charge in [0.15, 0.2) is 0 Å². The topological polar surface area (TPSA) is 69.6 Å². The van der Waals surface area contributed by atoms with Crippen molar-refractivity contribution in [2.75, 3.05) is 11.9 Å². The van der Waals surface area contributed by atoms with Gasteiger partial charge in [0.25, 0.3) is 0 Å². The summed E-state index contributed by atoms with van der Waals surface area (Å²) < 4.78 is 0. The predicted octanol–water partition coefficient (Wildman–Crippen LogP) is 3.30. The van der Waals surface area contributed by atoms with Gasteiger partial charge < -0.3 is 15.3 Å². The molecule has 108 valence electrons. The highest BCUT2D eigenvalue weighted by Gasteiger charge is 2.30. The average Bonchev–Trinajstić information content (AvgIpc) is 2.68. The van der Waals surface area contributed by atoms with Crippen molar-refractivity contribution in [3.8, 4) is 0 Å². The summed E-state index contributed by atoms with van der Waals surface area (Å²) in [7, 11) is 0. The van der Waals surface area contributed by atoms with Crippen LogP contribution in [0.4, 0.5) is 10.5 Å². The maximum absolute atomic E-state index is 12.2. The van der Waals surface area contributed by atoms with Crippen LogP contribution in [0.25, 0.3) is 0 Å². The number of urea groups is 1. The zero-order valence-electron chi connectivity index (χ0n) is 11.4.